The molecule has 0 unspecified atom stereocenters. The van der Waals surface area contributed by atoms with Crippen LogP contribution in [0.25, 0.3) is 11.0 Å². The van der Waals surface area contributed by atoms with Gasteiger partial charge in [0.05, 0.1) is 22.5 Å². The van der Waals surface area contributed by atoms with Gasteiger partial charge in [0.25, 0.3) is 0 Å². The number of nitrogens with one attached hydrogen (secondary N) is 1. The van der Waals surface area contributed by atoms with E-state index in [9.17, 15) is 8.42 Å². The number of aromatic nitrogens is 2. The fraction of sp³-hybridized carbons (Fsp3) is 0.450. The highest BCUT2D eigenvalue weighted by Gasteiger charge is 2.27. The van der Waals surface area contributed by atoms with Crippen molar-refractivity contribution in [3.05, 3.63) is 46.4 Å². The van der Waals surface area contributed by atoms with Crippen LogP contribution in [-0.4, -0.2) is 47.2 Å². The summed E-state index contributed by atoms with van der Waals surface area (Å²) in [4.78, 5) is 10.8. The lowest BCUT2D eigenvalue weighted by atomic mass is 10.1. The highest BCUT2D eigenvalue weighted by Crippen LogP contribution is 2.34. The zero-order chi connectivity index (χ0) is 19.7. The topological polar surface area (TPSA) is 69.3 Å². The second kappa shape index (κ2) is 7.94. The van der Waals surface area contributed by atoms with Crippen LogP contribution in [0.2, 0.25) is 0 Å². The van der Waals surface area contributed by atoms with Crippen molar-refractivity contribution < 1.29 is 8.42 Å². The minimum Gasteiger partial charge on any atom is -0.341 e. The van der Waals surface area contributed by atoms with E-state index < -0.39 is 10.0 Å². The molecule has 28 heavy (non-hydrogen) atoms. The van der Waals surface area contributed by atoms with Crippen LogP contribution in [0.15, 0.2) is 39.9 Å². The number of sulfonamides is 1. The van der Waals surface area contributed by atoms with Gasteiger partial charge in [0.1, 0.15) is 5.82 Å². The van der Waals surface area contributed by atoms with Gasteiger partial charge in [0.2, 0.25) is 10.0 Å². The number of fused-ring (bicyclic) bond motifs is 1. The van der Waals surface area contributed by atoms with Crippen molar-refractivity contribution in [2.45, 2.75) is 44.2 Å². The number of nitrogens with zero attached hydrogens (tertiary/aromatic N) is 3. The molecule has 1 atom stereocenters. The first kappa shape index (κ1) is 19.6. The van der Waals surface area contributed by atoms with Gasteiger partial charge in [-0.2, -0.15) is 15.6 Å². The molecule has 4 rings (SSSR count). The third-order valence-electron chi connectivity index (χ3n) is 5.49. The maximum absolute atomic E-state index is 12.8. The summed E-state index contributed by atoms with van der Waals surface area (Å²) in [6, 6.07) is 7.81. The molecule has 3 aromatic rings. The lowest BCUT2D eigenvalue weighted by molar-refractivity contribution is 0.243. The number of rotatable bonds is 7. The average molecular weight is 419 g/mol. The molecular weight excluding hydrogens is 392 g/mol. The van der Waals surface area contributed by atoms with Gasteiger partial charge in [-0.3, -0.25) is 4.90 Å². The molecule has 2 aromatic heterocycles. The fourth-order valence-corrected chi connectivity index (χ4v) is 6.23. The Labute approximate surface area is 170 Å². The van der Waals surface area contributed by atoms with Crippen molar-refractivity contribution in [2.75, 3.05) is 19.6 Å². The van der Waals surface area contributed by atoms with E-state index >= 15 is 0 Å². The van der Waals surface area contributed by atoms with Crippen molar-refractivity contribution in [1.82, 2.24) is 19.2 Å². The minimum absolute atomic E-state index is 0.316. The molecule has 1 N–H and O–H groups in total. The molecule has 0 aliphatic carbocycles. The quantitative estimate of drug-likeness (QED) is 0.630. The molecular formula is C20H26N4O2S2. The Morgan fingerprint density at radius 2 is 2.11 bits per heavy atom. The van der Waals surface area contributed by atoms with Gasteiger partial charge in [0.15, 0.2) is 0 Å². The summed E-state index contributed by atoms with van der Waals surface area (Å²) in [5, 5.41) is 4.36. The Morgan fingerprint density at radius 3 is 2.82 bits per heavy atom. The second-order valence-corrected chi connectivity index (χ2v) is 9.85. The Balaban J connectivity index is 1.59. The van der Waals surface area contributed by atoms with Gasteiger partial charge in [-0.05, 0) is 60.0 Å². The normalized spacial score (nSPS) is 18.5. The predicted octanol–water partition coefficient (Wildman–Crippen LogP) is 3.99. The first-order valence-corrected chi connectivity index (χ1v) is 12.2. The van der Waals surface area contributed by atoms with Gasteiger partial charge in [-0.1, -0.05) is 13.8 Å². The van der Waals surface area contributed by atoms with E-state index in [1.54, 1.807) is 29.5 Å². The Kier molecular flexibility index (Phi) is 5.55. The number of imidazole rings is 1. The lowest BCUT2D eigenvalue weighted by Gasteiger charge is -2.22. The van der Waals surface area contributed by atoms with Crippen molar-refractivity contribution in [3.8, 4) is 0 Å². The number of likely N-dealkylation sites (tertiary alicyclic amines) is 1. The van der Waals surface area contributed by atoms with Crippen molar-refractivity contribution in [1.29, 1.82) is 0 Å². The molecule has 0 saturated carbocycles. The second-order valence-electron chi connectivity index (χ2n) is 7.14. The maximum atomic E-state index is 12.8. The van der Waals surface area contributed by atoms with E-state index in [-0.39, 0.29) is 0 Å². The highest BCUT2D eigenvalue weighted by molar-refractivity contribution is 7.89. The Morgan fingerprint density at radius 1 is 1.29 bits per heavy atom. The first-order valence-electron chi connectivity index (χ1n) is 9.78. The van der Waals surface area contributed by atoms with Crippen LogP contribution in [0.4, 0.5) is 0 Å². The molecule has 8 heteroatoms. The number of H-pyrrole nitrogens is 1. The summed E-state index contributed by atoms with van der Waals surface area (Å²) in [6.07, 6.45) is 2.36. The summed E-state index contributed by atoms with van der Waals surface area (Å²) in [5.41, 5.74) is 2.96. The van der Waals surface area contributed by atoms with E-state index in [4.69, 9.17) is 4.98 Å². The van der Waals surface area contributed by atoms with Crippen LogP contribution in [0.1, 0.15) is 44.1 Å². The van der Waals surface area contributed by atoms with E-state index in [1.165, 1.54) is 22.7 Å². The lowest BCUT2D eigenvalue weighted by Crippen LogP contribution is -2.30. The first-order chi connectivity index (χ1) is 13.5. The van der Waals surface area contributed by atoms with Crippen LogP contribution in [-0.2, 0) is 16.6 Å². The van der Waals surface area contributed by atoms with E-state index in [1.807, 2.05) is 13.8 Å². The van der Waals surface area contributed by atoms with E-state index in [0.29, 0.717) is 24.0 Å². The molecule has 150 valence electrons. The number of aromatic amines is 1. The van der Waals surface area contributed by atoms with Crippen molar-refractivity contribution in [3.63, 3.8) is 0 Å². The number of thiophene rings is 1. The zero-order valence-corrected chi connectivity index (χ0v) is 17.9. The molecule has 1 saturated heterocycles. The average Bonchev–Trinajstić information content (AvgIpc) is 3.42. The van der Waals surface area contributed by atoms with Crippen LogP contribution in [0.3, 0.4) is 0 Å². The monoisotopic (exact) mass is 418 g/mol. The largest absolute Gasteiger partial charge is 0.341 e. The van der Waals surface area contributed by atoms with Crippen molar-refractivity contribution in [2.24, 2.45) is 0 Å². The van der Waals surface area contributed by atoms with Gasteiger partial charge in [-0.15, -0.1) is 0 Å². The standard InChI is InChI=1S/C20H26N4O2S2/c1-3-24(4-2)28(25,26)16-7-8-17-18(12-16)22-20(21-17)13-23-10-5-6-19(23)15-9-11-27-14-15/h7-9,11-12,14,19H,3-6,10,13H2,1-2H3,(H,21,22)/t19-/m0/s1. The molecule has 1 aliphatic heterocycles. The van der Waals surface area contributed by atoms with Gasteiger partial charge in [0, 0.05) is 19.1 Å². The summed E-state index contributed by atoms with van der Waals surface area (Å²) < 4.78 is 27.0. The molecule has 3 heterocycles. The van der Waals surface area contributed by atoms with Crippen LogP contribution in [0, 0.1) is 0 Å². The van der Waals surface area contributed by atoms with Crippen LogP contribution < -0.4 is 0 Å². The van der Waals surface area contributed by atoms with E-state index in [2.05, 4.69) is 26.7 Å². The zero-order valence-electron chi connectivity index (χ0n) is 16.3. The van der Waals surface area contributed by atoms with Crippen LogP contribution in [0.5, 0.6) is 0 Å². The Hall–Kier alpha value is -1.74. The summed E-state index contributed by atoms with van der Waals surface area (Å²) in [6.45, 7) is 6.43. The Bertz CT molecular complexity index is 1040. The molecule has 1 aliphatic rings. The SMILES string of the molecule is CCN(CC)S(=O)(=O)c1ccc2nc(CN3CCC[C@H]3c3ccsc3)[nH]c2c1. The summed E-state index contributed by atoms with van der Waals surface area (Å²) in [5.74, 6) is 0.884. The smallest absolute Gasteiger partial charge is 0.243 e. The maximum Gasteiger partial charge on any atom is 0.243 e. The molecule has 1 aromatic carbocycles. The minimum atomic E-state index is -3.47. The molecule has 1 fully saturated rings. The molecule has 0 spiro atoms. The van der Waals surface area contributed by atoms with Gasteiger partial charge in [-0.25, -0.2) is 13.4 Å². The predicted molar refractivity (Wildman–Crippen MR) is 113 cm³/mol. The fourth-order valence-electron chi connectivity index (χ4n) is 4.04. The number of benzene rings is 1. The number of hydrogen-bond donors (Lipinski definition) is 1. The molecule has 0 bridgehead atoms. The van der Waals surface area contributed by atoms with E-state index in [0.717, 1.165) is 29.9 Å². The van der Waals surface area contributed by atoms with Gasteiger partial charge < -0.3 is 4.98 Å². The van der Waals surface area contributed by atoms with Gasteiger partial charge >= 0.3 is 0 Å². The highest BCUT2D eigenvalue weighted by atomic mass is 32.2. The number of hydrogen-bond acceptors (Lipinski definition) is 5. The summed E-state index contributed by atoms with van der Waals surface area (Å²) in [7, 11) is -3.47. The van der Waals surface area contributed by atoms with Crippen LogP contribution >= 0.6 is 11.3 Å². The van der Waals surface area contributed by atoms with Crippen molar-refractivity contribution >= 4 is 32.4 Å². The third-order valence-corrected chi connectivity index (χ3v) is 8.24. The molecule has 0 radical (unpaired) electrons. The molecule has 0 amide bonds. The summed E-state index contributed by atoms with van der Waals surface area (Å²) >= 11 is 1.74. The molecule has 6 nitrogen and oxygen atoms in total. The third kappa shape index (κ3) is 3.61.